The van der Waals surface area contributed by atoms with Gasteiger partial charge in [-0.1, -0.05) is 0 Å². The van der Waals surface area contributed by atoms with E-state index in [2.05, 4.69) is 48.0 Å². The lowest BCUT2D eigenvalue weighted by Crippen LogP contribution is -2.40. The lowest BCUT2D eigenvalue weighted by Gasteiger charge is -2.33. The molecule has 0 aliphatic carbocycles. The first-order valence-corrected chi connectivity index (χ1v) is 10.2. The molecule has 9 nitrogen and oxygen atoms in total. The maximum Gasteiger partial charge on any atom is 0.227 e. The number of rotatable bonds is 4. The molecule has 9 heteroatoms. The number of H-pyrrole nitrogens is 1. The monoisotopic (exact) mass is 394 g/mol. The van der Waals surface area contributed by atoms with E-state index in [4.69, 9.17) is 9.72 Å². The van der Waals surface area contributed by atoms with Crippen LogP contribution in [0.15, 0.2) is 24.7 Å². The number of nitrogens with zero attached hydrogens (tertiary/aromatic N) is 6. The van der Waals surface area contributed by atoms with Crippen LogP contribution in [0.5, 0.6) is 0 Å². The van der Waals surface area contributed by atoms with Gasteiger partial charge in [-0.25, -0.2) is 15.0 Å². The molecule has 3 aromatic heterocycles. The van der Waals surface area contributed by atoms with E-state index < -0.39 is 0 Å². The van der Waals surface area contributed by atoms with Gasteiger partial charge in [-0.2, -0.15) is 4.98 Å². The van der Waals surface area contributed by atoms with Gasteiger partial charge in [-0.05, 0) is 31.9 Å². The number of aryl methyl sites for hydroxylation is 1. The summed E-state index contributed by atoms with van der Waals surface area (Å²) in [5, 5.41) is 3.60. The van der Waals surface area contributed by atoms with Crippen molar-refractivity contribution in [1.29, 1.82) is 0 Å². The Kier molecular flexibility index (Phi) is 4.89. The number of ether oxygens (including phenoxy) is 1. The van der Waals surface area contributed by atoms with Gasteiger partial charge in [0.25, 0.3) is 0 Å². The summed E-state index contributed by atoms with van der Waals surface area (Å²) < 4.78 is 5.42. The first-order chi connectivity index (χ1) is 14.3. The summed E-state index contributed by atoms with van der Waals surface area (Å²) in [7, 11) is 0. The van der Waals surface area contributed by atoms with Gasteiger partial charge in [0.05, 0.1) is 18.7 Å². The van der Waals surface area contributed by atoms with Crippen LogP contribution in [-0.4, -0.2) is 70.4 Å². The van der Waals surface area contributed by atoms with E-state index in [1.807, 2.05) is 12.3 Å². The average molecular weight is 394 g/mol. The molecule has 2 aliphatic rings. The molecule has 2 fully saturated rings. The van der Waals surface area contributed by atoms with Crippen LogP contribution in [-0.2, 0) is 4.74 Å². The summed E-state index contributed by atoms with van der Waals surface area (Å²) in [5.41, 5.74) is 3.12. The van der Waals surface area contributed by atoms with Crippen molar-refractivity contribution in [2.75, 3.05) is 54.5 Å². The van der Waals surface area contributed by atoms with Crippen LogP contribution in [0.2, 0.25) is 0 Å². The van der Waals surface area contributed by atoms with Gasteiger partial charge < -0.3 is 24.8 Å². The van der Waals surface area contributed by atoms with E-state index in [0.29, 0.717) is 6.04 Å². The van der Waals surface area contributed by atoms with Gasteiger partial charge >= 0.3 is 0 Å². The Balaban J connectivity index is 1.23. The third kappa shape index (κ3) is 3.82. The van der Waals surface area contributed by atoms with Gasteiger partial charge in [0.1, 0.15) is 17.7 Å². The van der Waals surface area contributed by atoms with Crippen molar-refractivity contribution in [2.45, 2.75) is 25.8 Å². The van der Waals surface area contributed by atoms with Crippen molar-refractivity contribution >= 4 is 28.6 Å². The van der Waals surface area contributed by atoms with Crippen molar-refractivity contribution in [3.8, 4) is 0 Å². The largest absolute Gasteiger partial charge is 0.378 e. The third-order valence-corrected chi connectivity index (χ3v) is 5.62. The molecule has 2 aliphatic heterocycles. The van der Waals surface area contributed by atoms with E-state index >= 15 is 0 Å². The standard InChI is InChI=1S/C20H26N8O/c1-14-12-16-18(24-14)19(23-13-22-16)27-6-3-15(4-7-27)25-17-2-5-21-20(26-17)28-8-10-29-11-9-28/h2,5,12-13,15,24H,3-4,6-11H2,1H3,(H,21,25,26). The fourth-order valence-electron chi connectivity index (χ4n) is 4.09. The van der Waals surface area contributed by atoms with E-state index in [1.165, 1.54) is 0 Å². The van der Waals surface area contributed by atoms with Crippen LogP contribution in [0.4, 0.5) is 17.6 Å². The molecule has 0 spiro atoms. The fourth-order valence-corrected chi connectivity index (χ4v) is 4.09. The van der Waals surface area contributed by atoms with Gasteiger partial charge in [0, 0.05) is 44.1 Å². The lowest BCUT2D eigenvalue weighted by atomic mass is 10.0. The quantitative estimate of drug-likeness (QED) is 0.694. The summed E-state index contributed by atoms with van der Waals surface area (Å²) in [5.74, 6) is 2.67. The maximum absolute atomic E-state index is 5.42. The molecule has 0 saturated carbocycles. The highest BCUT2D eigenvalue weighted by molar-refractivity contribution is 5.86. The molecule has 0 atom stereocenters. The molecule has 0 bridgehead atoms. The minimum atomic E-state index is 0.390. The Morgan fingerprint density at radius 2 is 1.90 bits per heavy atom. The Morgan fingerprint density at radius 3 is 2.72 bits per heavy atom. The average Bonchev–Trinajstić information content (AvgIpc) is 3.15. The van der Waals surface area contributed by atoms with Crippen LogP contribution in [0, 0.1) is 6.92 Å². The minimum absolute atomic E-state index is 0.390. The van der Waals surface area contributed by atoms with Gasteiger partial charge in [0.2, 0.25) is 5.95 Å². The molecule has 2 saturated heterocycles. The third-order valence-electron chi connectivity index (χ3n) is 5.62. The molecule has 5 heterocycles. The second kappa shape index (κ2) is 7.82. The molecular weight excluding hydrogens is 368 g/mol. The SMILES string of the molecule is Cc1cc2ncnc(N3CCC(Nc4ccnc(N5CCOCC5)n4)CC3)c2[nH]1. The Labute approximate surface area is 169 Å². The summed E-state index contributed by atoms with van der Waals surface area (Å²) in [6.45, 7) is 7.09. The number of morpholine rings is 1. The molecule has 29 heavy (non-hydrogen) atoms. The number of piperidine rings is 1. The Hall–Kier alpha value is -2.94. The molecule has 2 N–H and O–H groups in total. The number of fused-ring (bicyclic) bond motifs is 1. The number of aromatic amines is 1. The predicted molar refractivity (Wildman–Crippen MR) is 113 cm³/mol. The van der Waals surface area contributed by atoms with Crippen molar-refractivity contribution < 1.29 is 4.74 Å². The van der Waals surface area contributed by atoms with Gasteiger partial charge in [-0.3, -0.25) is 0 Å². The first-order valence-electron chi connectivity index (χ1n) is 10.2. The van der Waals surface area contributed by atoms with Crippen molar-refractivity contribution in [3.63, 3.8) is 0 Å². The topological polar surface area (TPSA) is 95.1 Å². The second-order valence-electron chi connectivity index (χ2n) is 7.66. The summed E-state index contributed by atoms with van der Waals surface area (Å²) in [6.07, 6.45) is 5.55. The van der Waals surface area contributed by atoms with Crippen LogP contribution < -0.4 is 15.1 Å². The minimum Gasteiger partial charge on any atom is -0.378 e. The highest BCUT2D eigenvalue weighted by Crippen LogP contribution is 2.26. The molecule has 5 rings (SSSR count). The van der Waals surface area contributed by atoms with Crippen molar-refractivity contribution in [2.24, 2.45) is 0 Å². The molecule has 152 valence electrons. The fraction of sp³-hybridized carbons (Fsp3) is 0.500. The summed E-state index contributed by atoms with van der Waals surface area (Å²) >= 11 is 0. The number of hydrogen-bond acceptors (Lipinski definition) is 8. The molecule has 3 aromatic rings. The summed E-state index contributed by atoms with van der Waals surface area (Å²) in [4.78, 5) is 26.0. The Bertz CT molecular complexity index is 976. The number of hydrogen-bond donors (Lipinski definition) is 2. The van der Waals surface area contributed by atoms with Crippen LogP contribution >= 0.6 is 0 Å². The van der Waals surface area contributed by atoms with Crippen molar-refractivity contribution in [3.05, 3.63) is 30.4 Å². The molecule has 0 aromatic carbocycles. The lowest BCUT2D eigenvalue weighted by molar-refractivity contribution is 0.122. The van der Waals surface area contributed by atoms with Gasteiger partial charge in [-0.15, -0.1) is 0 Å². The first kappa shape index (κ1) is 18.1. The van der Waals surface area contributed by atoms with E-state index in [0.717, 1.165) is 86.5 Å². The van der Waals surface area contributed by atoms with E-state index in [9.17, 15) is 0 Å². The zero-order valence-electron chi connectivity index (χ0n) is 16.6. The summed E-state index contributed by atoms with van der Waals surface area (Å²) in [6, 6.07) is 4.41. The van der Waals surface area contributed by atoms with Gasteiger partial charge in [0.15, 0.2) is 5.82 Å². The zero-order chi connectivity index (χ0) is 19.6. The number of anilines is 3. The molecule has 0 radical (unpaired) electrons. The van der Waals surface area contributed by atoms with Crippen molar-refractivity contribution in [1.82, 2.24) is 24.9 Å². The maximum atomic E-state index is 5.42. The second-order valence-corrected chi connectivity index (χ2v) is 7.66. The molecule has 0 unspecified atom stereocenters. The Morgan fingerprint density at radius 1 is 1.07 bits per heavy atom. The molecular formula is C20H26N8O. The van der Waals surface area contributed by atoms with E-state index in [1.54, 1.807) is 6.33 Å². The highest BCUT2D eigenvalue weighted by Gasteiger charge is 2.23. The highest BCUT2D eigenvalue weighted by atomic mass is 16.5. The molecule has 0 amide bonds. The smallest absolute Gasteiger partial charge is 0.227 e. The van der Waals surface area contributed by atoms with Crippen LogP contribution in [0.3, 0.4) is 0 Å². The van der Waals surface area contributed by atoms with E-state index in [-0.39, 0.29) is 0 Å². The van der Waals surface area contributed by atoms with Crippen LogP contribution in [0.25, 0.3) is 11.0 Å². The normalized spacial score (nSPS) is 18.4. The number of aromatic nitrogens is 5. The zero-order valence-corrected chi connectivity index (χ0v) is 16.6. The number of nitrogens with one attached hydrogen (secondary N) is 2. The predicted octanol–water partition coefficient (Wildman–Crippen LogP) is 1.97. The van der Waals surface area contributed by atoms with Crippen LogP contribution in [0.1, 0.15) is 18.5 Å².